The Morgan fingerprint density at radius 2 is 1.88 bits per heavy atom. The lowest BCUT2D eigenvalue weighted by molar-refractivity contribution is 0.121. The van der Waals surface area contributed by atoms with E-state index < -0.39 is 0 Å². The van der Waals surface area contributed by atoms with Crippen LogP contribution >= 0.6 is 24.0 Å². The largest absolute Gasteiger partial charge is 0.383 e. The second-order valence-corrected chi connectivity index (χ2v) is 8.35. The fourth-order valence-corrected chi connectivity index (χ4v) is 4.90. The number of nitrogens with one attached hydrogen (secondary N) is 1. The minimum atomic E-state index is 0. The summed E-state index contributed by atoms with van der Waals surface area (Å²) in [6.07, 6.45) is 9.65. The van der Waals surface area contributed by atoms with Crippen molar-refractivity contribution in [1.82, 2.24) is 15.1 Å². The highest BCUT2D eigenvalue weighted by atomic mass is 127. The molecule has 1 N–H and O–H groups in total. The third kappa shape index (κ3) is 5.96. The van der Waals surface area contributed by atoms with Crippen LogP contribution in [0.3, 0.4) is 0 Å². The van der Waals surface area contributed by atoms with Gasteiger partial charge in [0.1, 0.15) is 0 Å². The van der Waals surface area contributed by atoms with E-state index in [1.165, 1.54) is 77.1 Å². The van der Waals surface area contributed by atoms with Crippen LogP contribution in [0.1, 0.15) is 51.9 Å². The first-order valence-electron chi connectivity index (χ1n) is 10.5. The van der Waals surface area contributed by atoms with Crippen molar-refractivity contribution in [2.75, 3.05) is 59.5 Å². The quantitative estimate of drug-likeness (QED) is 0.362. The van der Waals surface area contributed by atoms with Gasteiger partial charge in [-0.15, -0.1) is 24.0 Å². The number of hydrogen-bond donors (Lipinski definition) is 1. The van der Waals surface area contributed by atoms with Crippen molar-refractivity contribution < 1.29 is 4.74 Å². The van der Waals surface area contributed by atoms with Crippen LogP contribution < -0.4 is 5.32 Å². The molecule has 0 bridgehead atoms. The predicted molar refractivity (Wildman–Crippen MR) is 120 cm³/mol. The van der Waals surface area contributed by atoms with Crippen molar-refractivity contribution in [2.24, 2.45) is 16.3 Å². The van der Waals surface area contributed by atoms with Crippen LogP contribution in [0.15, 0.2) is 4.99 Å². The molecule has 2 heterocycles. The maximum absolute atomic E-state index is 5.20. The lowest BCUT2D eigenvalue weighted by Crippen LogP contribution is -2.42. The van der Waals surface area contributed by atoms with Crippen LogP contribution in [0.5, 0.6) is 0 Å². The van der Waals surface area contributed by atoms with Gasteiger partial charge in [-0.05, 0) is 63.5 Å². The van der Waals surface area contributed by atoms with Gasteiger partial charge in [-0.3, -0.25) is 4.99 Å². The van der Waals surface area contributed by atoms with E-state index in [1.54, 1.807) is 7.11 Å². The first-order chi connectivity index (χ1) is 12.2. The molecule has 2 aliphatic heterocycles. The predicted octanol–water partition coefficient (Wildman–Crippen LogP) is 3.19. The molecule has 0 atom stereocenters. The Morgan fingerprint density at radius 1 is 1.15 bits per heavy atom. The van der Waals surface area contributed by atoms with Crippen molar-refractivity contribution in [1.29, 1.82) is 0 Å². The molecular formula is C20H39IN4O. The number of ether oxygens (including phenoxy) is 1. The van der Waals surface area contributed by atoms with E-state index in [9.17, 15) is 0 Å². The zero-order chi connectivity index (χ0) is 17.5. The first-order valence-corrected chi connectivity index (χ1v) is 10.5. The molecule has 3 rings (SSSR count). The average molecular weight is 478 g/mol. The van der Waals surface area contributed by atoms with Crippen LogP contribution in [0.25, 0.3) is 0 Å². The minimum Gasteiger partial charge on any atom is -0.383 e. The fourth-order valence-electron chi connectivity index (χ4n) is 4.90. The molecule has 3 aliphatic rings. The average Bonchev–Trinajstić information content (AvgIpc) is 3.28. The molecule has 0 aromatic heterocycles. The molecule has 0 radical (unpaired) electrons. The summed E-state index contributed by atoms with van der Waals surface area (Å²) >= 11 is 0. The number of rotatable bonds is 6. The first kappa shape index (κ1) is 22.2. The van der Waals surface area contributed by atoms with E-state index in [2.05, 4.69) is 22.0 Å². The zero-order valence-corrected chi connectivity index (χ0v) is 19.2. The van der Waals surface area contributed by atoms with Gasteiger partial charge < -0.3 is 19.9 Å². The number of methoxy groups -OCH3 is 1. The molecule has 1 saturated carbocycles. The number of likely N-dealkylation sites (tertiary alicyclic amines) is 2. The highest BCUT2D eigenvalue weighted by Crippen LogP contribution is 2.45. The number of hydrogen-bond acceptors (Lipinski definition) is 3. The third-order valence-corrected chi connectivity index (χ3v) is 6.56. The maximum atomic E-state index is 5.20. The number of nitrogens with zero attached hydrogens (tertiary/aromatic N) is 3. The molecule has 1 spiro atoms. The van der Waals surface area contributed by atoms with Crippen molar-refractivity contribution in [3.8, 4) is 0 Å². The lowest BCUT2D eigenvalue weighted by atomic mass is 9.86. The van der Waals surface area contributed by atoms with Crippen molar-refractivity contribution in [3.63, 3.8) is 0 Å². The second-order valence-electron chi connectivity index (χ2n) is 8.35. The molecule has 0 aromatic carbocycles. The molecule has 2 saturated heterocycles. The number of aliphatic imine (C=N–C) groups is 1. The van der Waals surface area contributed by atoms with E-state index in [-0.39, 0.29) is 24.0 Å². The van der Waals surface area contributed by atoms with Crippen LogP contribution in [-0.2, 0) is 4.74 Å². The molecule has 0 amide bonds. The normalized spacial score (nSPS) is 24.2. The van der Waals surface area contributed by atoms with E-state index in [4.69, 9.17) is 9.73 Å². The SMILES string of the molecule is CCNC(=NCC1CCN(CCOC)CC1)N1CCC2(CCCC2)C1.I. The van der Waals surface area contributed by atoms with Gasteiger partial charge in [0.15, 0.2) is 5.96 Å². The van der Waals surface area contributed by atoms with Crippen LogP contribution in [-0.4, -0.2) is 75.3 Å². The van der Waals surface area contributed by atoms with Crippen LogP contribution in [0, 0.1) is 11.3 Å². The summed E-state index contributed by atoms with van der Waals surface area (Å²) in [5.41, 5.74) is 0.614. The van der Waals surface area contributed by atoms with Gasteiger partial charge >= 0.3 is 0 Å². The Kier molecular flexibility index (Phi) is 9.44. The topological polar surface area (TPSA) is 40.1 Å². The van der Waals surface area contributed by atoms with Crippen LogP contribution in [0.4, 0.5) is 0 Å². The van der Waals surface area contributed by atoms with Gasteiger partial charge in [-0.25, -0.2) is 0 Å². The Labute approximate surface area is 177 Å². The monoisotopic (exact) mass is 478 g/mol. The summed E-state index contributed by atoms with van der Waals surface area (Å²) in [5.74, 6) is 1.92. The summed E-state index contributed by atoms with van der Waals surface area (Å²) in [6, 6.07) is 0. The standard InChI is InChI=1S/C20H38N4O.HI/c1-3-21-19(24-13-10-20(17-24)8-4-5-9-20)22-16-18-6-11-23(12-7-18)14-15-25-2;/h18H,3-17H2,1-2H3,(H,21,22);1H. The van der Waals surface area contributed by atoms with Crippen molar-refractivity contribution >= 4 is 29.9 Å². The van der Waals surface area contributed by atoms with Gasteiger partial charge in [-0.2, -0.15) is 0 Å². The summed E-state index contributed by atoms with van der Waals surface area (Å²) in [7, 11) is 1.79. The van der Waals surface area contributed by atoms with Gasteiger partial charge in [-0.1, -0.05) is 12.8 Å². The summed E-state index contributed by atoms with van der Waals surface area (Å²) in [5, 5.41) is 3.56. The Morgan fingerprint density at radius 3 is 2.54 bits per heavy atom. The Hall–Kier alpha value is -0.0800. The molecular weight excluding hydrogens is 439 g/mol. The van der Waals surface area contributed by atoms with E-state index in [0.29, 0.717) is 5.41 Å². The highest BCUT2D eigenvalue weighted by molar-refractivity contribution is 14.0. The smallest absolute Gasteiger partial charge is 0.193 e. The van der Waals surface area contributed by atoms with Gasteiger partial charge in [0.05, 0.1) is 6.61 Å². The van der Waals surface area contributed by atoms with E-state index in [0.717, 1.165) is 32.2 Å². The molecule has 3 fully saturated rings. The number of guanidine groups is 1. The maximum Gasteiger partial charge on any atom is 0.193 e. The molecule has 0 unspecified atom stereocenters. The highest BCUT2D eigenvalue weighted by Gasteiger charge is 2.41. The van der Waals surface area contributed by atoms with E-state index >= 15 is 0 Å². The second kappa shape index (κ2) is 11.1. The molecule has 152 valence electrons. The molecule has 26 heavy (non-hydrogen) atoms. The lowest BCUT2D eigenvalue weighted by Gasteiger charge is -2.31. The van der Waals surface area contributed by atoms with Crippen molar-refractivity contribution in [2.45, 2.75) is 51.9 Å². The van der Waals surface area contributed by atoms with E-state index in [1.807, 2.05) is 0 Å². The van der Waals surface area contributed by atoms with Gasteiger partial charge in [0.25, 0.3) is 0 Å². The number of halogens is 1. The Bertz CT molecular complexity index is 432. The molecule has 5 nitrogen and oxygen atoms in total. The van der Waals surface area contributed by atoms with Gasteiger partial charge in [0, 0.05) is 39.8 Å². The van der Waals surface area contributed by atoms with Crippen molar-refractivity contribution in [3.05, 3.63) is 0 Å². The third-order valence-electron chi connectivity index (χ3n) is 6.56. The Balaban J connectivity index is 0.00000243. The summed E-state index contributed by atoms with van der Waals surface area (Å²) < 4.78 is 5.20. The molecule has 0 aromatic rings. The fraction of sp³-hybridized carbons (Fsp3) is 0.950. The summed E-state index contributed by atoms with van der Waals surface area (Å²) in [6.45, 7) is 10.9. The zero-order valence-electron chi connectivity index (χ0n) is 16.8. The minimum absolute atomic E-state index is 0. The molecule has 1 aliphatic carbocycles. The van der Waals surface area contributed by atoms with Gasteiger partial charge in [0.2, 0.25) is 0 Å². The summed E-state index contributed by atoms with van der Waals surface area (Å²) in [4.78, 5) is 10.1. The van der Waals surface area contributed by atoms with Crippen LogP contribution in [0.2, 0.25) is 0 Å². The number of piperidine rings is 1. The molecule has 6 heteroatoms.